The van der Waals surface area contributed by atoms with Crippen molar-refractivity contribution in [1.29, 1.82) is 0 Å². The second kappa shape index (κ2) is 17.8. The van der Waals surface area contributed by atoms with Crippen molar-refractivity contribution < 1.29 is 43.5 Å². The third-order valence-electron chi connectivity index (χ3n) is 10.3. The Morgan fingerprint density at radius 3 is 2.42 bits per heavy atom. The first-order chi connectivity index (χ1) is 25.2. The highest BCUT2D eigenvalue weighted by atomic mass is 32.2. The number of aliphatic hydroxyl groups excluding tert-OH is 5. The molecule has 2 aliphatic rings. The molecular weight excluding hydrogens is 699 g/mol. The van der Waals surface area contributed by atoms with Gasteiger partial charge in [0.25, 0.3) is 0 Å². The predicted molar refractivity (Wildman–Crippen MR) is 202 cm³/mol. The first-order valence-corrected chi connectivity index (χ1v) is 20.6. The number of hydrogen-bond donors (Lipinski definition) is 6. The number of benzene rings is 2. The molecule has 290 valence electrons. The molecule has 1 amide bonds. The van der Waals surface area contributed by atoms with E-state index in [1.807, 2.05) is 62.6 Å². The van der Waals surface area contributed by atoms with E-state index in [9.17, 15) is 38.7 Å². The molecule has 2 fully saturated rings. The Morgan fingerprint density at radius 2 is 1.75 bits per heavy atom. The highest BCUT2D eigenvalue weighted by Gasteiger charge is 2.46. The number of nitrogens with zero attached hydrogens (tertiary/aromatic N) is 2. The van der Waals surface area contributed by atoms with E-state index in [1.54, 1.807) is 0 Å². The van der Waals surface area contributed by atoms with Crippen molar-refractivity contribution in [3.05, 3.63) is 83.2 Å². The van der Waals surface area contributed by atoms with Crippen LogP contribution in [0.15, 0.2) is 60.9 Å². The number of amides is 1. The Balaban J connectivity index is 1.37. The zero-order valence-electron chi connectivity index (χ0n) is 30.9. The van der Waals surface area contributed by atoms with Gasteiger partial charge in [0.15, 0.2) is 0 Å². The summed E-state index contributed by atoms with van der Waals surface area (Å²) in [7, 11) is -3.49. The lowest BCUT2D eigenvalue weighted by Crippen LogP contribution is -2.51. The molecule has 5 atom stereocenters. The number of aromatic nitrogens is 1. The topological polar surface area (TPSA) is 190 Å². The molecule has 0 radical (unpaired) electrons. The molecular formula is C40H55N3O9S. The fourth-order valence-electron chi connectivity index (χ4n) is 6.93. The molecule has 5 rings (SSSR count). The normalized spacial score (nSPS) is 18.1. The molecule has 2 aliphatic carbocycles. The maximum absolute atomic E-state index is 14.0. The van der Waals surface area contributed by atoms with Crippen LogP contribution < -0.4 is 10.1 Å². The minimum atomic E-state index is -3.49. The molecule has 3 aromatic rings. The maximum atomic E-state index is 14.0. The van der Waals surface area contributed by atoms with Crippen LogP contribution in [-0.4, -0.2) is 112 Å². The van der Waals surface area contributed by atoms with Crippen molar-refractivity contribution in [3.63, 3.8) is 0 Å². The van der Waals surface area contributed by atoms with Gasteiger partial charge in [-0.1, -0.05) is 55.3 Å². The largest absolute Gasteiger partial charge is 0.490 e. The Bertz CT molecular complexity index is 1800. The lowest BCUT2D eigenvalue weighted by Gasteiger charge is -2.31. The lowest BCUT2D eigenvalue weighted by atomic mass is 9.86. The summed E-state index contributed by atoms with van der Waals surface area (Å²) in [6.45, 7) is 3.04. The van der Waals surface area contributed by atoms with E-state index in [1.165, 1.54) is 4.90 Å². The van der Waals surface area contributed by atoms with Crippen molar-refractivity contribution in [3.8, 4) is 16.9 Å². The van der Waals surface area contributed by atoms with Gasteiger partial charge < -0.3 is 40.5 Å². The third-order valence-corrected chi connectivity index (χ3v) is 11.2. The van der Waals surface area contributed by atoms with Gasteiger partial charge >= 0.3 is 0 Å². The van der Waals surface area contributed by atoms with Gasteiger partial charge in [0.2, 0.25) is 5.91 Å². The number of sulfone groups is 1. The van der Waals surface area contributed by atoms with Gasteiger partial charge in [0, 0.05) is 55.8 Å². The average Bonchev–Trinajstić information content (AvgIpc) is 4.09. The first kappa shape index (κ1) is 40.7. The molecule has 2 aromatic carbocycles. The number of rotatable bonds is 21. The van der Waals surface area contributed by atoms with Crippen LogP contribution in [0.5, 0.6) is 5.75 Å². The fourth-order valence-corrected chi connectivity index (χ4v) is 7.48. The summed E-state index contributed by atoms with van der Waals surface area (Å²) in [5, 5.41) is 54.2. The van der Waals surface area contributed by atoms with Crippen LogP contribution in [0.3, 0.4) is 0 Å². The number of nitrogens with one attached hydrogen (secondary N) is 1. The molecule has 2 saturated carbocycles. The van der Waals surface area contributed by atoms with Crippen LogP contribution in [0.4, 0.5) is 0 Å². The number of carbonyl (C=O) groups is 1. The Morgan fingerprint density at radius 1 is 1.04 bits per heavy atom. The summed E-state index contributed by atoms with van der Waals surface area (Å²) in [5.74, 6) is -0.138. The Labute approximate surface area is 312 Å². The van der Waals surface area contributed by atoms with Crippen LogP contribution in [0, 0.1) is 6.92 Å². The number of hydrogen-bond acceptors (Lipinski definition) is 11. The quantitative estimate of drug-likeness (QED) is 0.0939. The minimum absolute atomic E-state index is 0.0218. The van der Waals surface area contributed by atoms with Gasteiger partial charge in [-0.3, -0.25) is 9.78 Å². The molecule has 1 unspecified atom stereocenters. The van der Waals surface area contributed by atoms with Crippen molar-refractivity contribution in [1.82, 2.24) is 15.2 Å². The van der Waals surface area contributed by atoms with Crippen LogP contribution in [0.2, 0.25) is 0 Å². The molecule has 0 spiro atoms. The van der Waals surface area contributed by atoms with Gasteiger partial charge in [0.05, 0.1) is 18.5 Å². The standard InChI is InChI=1S/C40H55N3O9S/c1-4-7-27(21-37(47)43(18-19-53(3,50)51)24-34(45)38(48)39(49)35(46)25-44)30-13-10-26(2)20-28(30)22-42-40(15-16-40)33-23-41-17-14-31(33)32-8-5-6-9-36(32)52-29-11-12-29/h5-6,8-10,13-14,17,20,23,27,29,34-35,38-39,42,44-46,48-49H,4,7,11-12,15-16,18-19,21-22,24-25H2,1-3H3/t27?,34-,35+,38+,39+/m0/s1. The summed E-state index contributed by atoms with van der Waals surface area (Å²) in [6.07, 6.45) is 3.36. The number of aliphatic hydroxyl groups is 5. The van der Waals surface area contributed by atoms with Gasteiger partial charge in [-0.15, -0.1) is 0 Å². The smallest absolute Gasteiger partial charge is 0.223 e. The van der Waals surface area contributed by atoms with E-state index < -0.39 is 53.3 Å². The summed E-state index contributed by atoms with van der Waals surface area (Å²) in [6, 6.07) is 16.4. The number of ether oxygens (including phenoxy) is 1. The fraction of sp³-hybridized carbons (Fsp3) is 0.550. The van der Waals surface area contributed by atoms with Crippen LogP contribution in [0.1, 0.15) is 80.0 Å². The second-order valence-electron chi connectivity index (χ2n) is 14.8. The summed E-state index contributed by atoms with van der Waals surface area (Å²) in [4.78, 5) is 19.7. The molecule has 1 aromatic heterocycles. The first-order valence-electron chi connectivity index (χ1n) is 18.6. The number of pyridine rings is 1. The molecule has 6 N–H and O–H groups in total. The monoisotopic (exact) mass is 753 g/mol. The van der Waals surface area contributed by atoms with Crippen LogP contribution in [0.25, 0.3) is 11.1 Å². The van der Waals surface area contributed by atoms with E-state index in [2.05, 4.69) is 22.4 Å². The lowest BCUT2D eigenvalue weighted by molar-refractivity contribution is -0.139. The molecule has 53 heavy (non-hydrogen) atoms. The highest BCUT2D eigenvalue weighted by molar-refractivity contribution is 7.90. The van der Waals surface area contributed by atoms with Gasteiger partial charge in [-0.25, -0.2) is 8.42 Å². The maximum Gasteiger partial charge on any atom is 0.223 e. The van der Waals surface area contributed by atoms with Crippen molar-refractivity contribution in [2.75, 3.05) is 31.7 Å². The molecule has 12 nitrogen and oxygen atoms in total. The third kappa shape index (κ3) is 10.8. The van der Waals surface area contributed by atoms with Crippen molar-refractivity contribution >= 4 is 15.7 Å². The Kier molecular flexibility index (Phi) is 13.7. The SMILES string of the molecule is CCCC(CC(=O)N(CCS(C)(=O)=O)C[C@H](O)[C@@H](O)[C@H](O)[C@H](O)CO)c1ccc(C)cc1CNC1(c2cnccc2-c2ccccc2OC2CC2)CC1. The molecule has 0 bridgehead atoms. The van der Waals surface area contributed by atoms with Gasteiger partial charge in [0.1, 0.15) is 40.0 Å². The molecule has 13 heteroatoms. The second-order valence-corrected chi connectivity index (χ2v) is 17.1. The van der Waals surface area contributed by atoms with Gasteiger partial charge in [-0.05, 0) is 79.3 Å². The predicted octanol–water partition coefficient (Wildman–Crippen LogP) is 2.96. The van der Waals surface area contributed by atoms with Gasteiger partial charge in [-0.2, -0.15) is 0 Å². The summed E-state index contributed by atoms with van der Waals surface area (Å²) < 4.78 is 30.5. The Hall–Kier alpha value is -3.43. The van der Waals surface area contributed by atoms with E-state index in [-0.39, 0.29) is 36.3 Å². The number of para-hydroxylation sites is 1. The van der Waals surface area contributed by atoms with E-state index in [0.29, 0.717) is 13.0 Å². The molecule has 1 heterocycles. The van der Waals surface area contributed by atoms with E-state index in [4.69, 9.17) is 4.74 Å². The van der Waals surface area contributed by atoms with Crippen LogP contribution >= 0.6 is 0 Å². The number of aryl methyl sites for hydroxylation is 1. The molecule has 0 saturated heterocycles. The van der Waals surface area contributed by atoms with E-state index in [0.717, 1.165) is 77.5 Å². The van der Waals surface area contributed by atoms with Crippen LogP contribution in [-0.2, 0) is 26.7 Å². The zero-order valence-corrected chi connectivity index (χ0v) is 31.7. The summed E-state index contributed by atoms with van der Waals surface area (Å²) >= 11 is 0. The average molecular weight is 754 g/mol. The van der Waals surface area contributed by atoms with Crippen molar-refractivity contribution in [2.24, 2.45) is 0 Å². The highest BCUT2D eigenvalue weighted by Crippen LogP contribution is 2.50. The zero-order chi connectivity index (χ0) is 38.3. The number of carbonyl (C=O) groups excluding carboxylic acids is 1. The van der Waals surface area contributed by atoms with E-state index >= 15 is 0 Å². The molecule has 0 aliphatic heterocycles. The summed E-state index contributed by atoms with van der Waals surface area (Å²) in [5.41, 5.74) is 6.06. The minimum Gasteiger partial charge on any atom is -0.490 e. The van der Waals surface area contributed by atoms with Crippen molar-refractivity contribution in [2.45, 2.75) is 107 Å².